The largest absolute Gasteiger partial charge is 0.461 e. The van der Waals surface area contributed by atoms with Crippen LogP contribution in [0.2, 0.25) is 0 Å². The summed E-state index contributed by atoms with van der Waals surface area (Å²) >= 11 is 4.85. The first-order valence-corrected chi connectivity index (χ1v) is 12.3. The van der Waals surface area contributed by atoms with Gasteiger partial charge in [0, 0.05) is 33.8 Å². The molecule has 0 amide bonds. The fraction of sp³-hybridized carbons (Fsp3) is 0.240. The third-order valence-corrected chi connectivity index (χ3v) is 6.44. The minimum Gasteiger partial charge on any atom is -0.461 e. The number of hydrogen-bond donors (Lipinski definition) is 1. The van der Waals surface area contributed by atoms with Gasteiger partial charge in [-0.2, -0.15) is 5.26 Å². The maximum absolute atomic E-state index is 12.2. The highest BCUT2D eigenvalue weighted by atomic mass is 79.9. The SMILES string of the molecule is CCN(CC)CCOC(=O)c1ccc(N/C=C(/C#N)c2nc(-c3ccc(Br)cc3)cs2)cc1. The van der Waals surface area contributed by atoms with E-state index in [9.17, 15) is 10.1 Å². The lowest BCUT2D eigenvalue weighted by molar-refractivity contribution is 0.0466. The van der Waals surface area contributed by atoms with E-state index in [2.05, 4.69) is 51.0 Å². The lowest BCUT2D eigenvalue weighted by Gasteiger charge is -2.17. The molecule has 1 N–H and O–H groups in total. The molecule has 0 spiro atoms. The molecule has 0 aliphatic heterocycles. The summed E-state index contributed by atoms with van der Waals surface area (Å²) in [5.74, 6) is -0.342. The molecule has 0 saturated heterocycles. The van der Waals surface area contributed by atoms with E-state index >= 15 is 0 Å². The summed E-state index contributed by atoms with van der Waals surface area (Å²) in [4.78, 5) is 19.0. The van der Waals surface area contributed by atoms with Gasteiger partial charge >= 0.3 is 5.97 Å². The van der Waals surface area contributed by atoms with Crippen LogP contribution in [-0.2, 0) is 4.74 Å². The second kappa shape index (κ2) is 12.3. The minimum absolute atomic E-state index is 0.342. The van der Waals surface area contributed by atoms with E-state index in [0.29, 0.717) is 22.8 Å². The molecule has 0 radical (unpaired) electrons. The quantitative estimate of drug-likeness (QED) is 0.257. The predicted molar refractivity (Wildman–Crippen MR) is 137 cm³/mol. The fourth-order valence-corrected chi connectivity index (χ4v) is 4.10. The first-order chi connectivity index (χ1) is 16.0. The van der Waals surface area contributed by atoms with Crippen molar-refractivity contribution >= 4 is 44.5 Å². The number of anilines is 1. The summed E-state index contributed by atoms with van der Waals surface area (Å²) in [6, 6.07) is 17.0. The van der Waals surface area contributed by atoms with Crippen molar-refractivity contribution < 1.29 is 9.53 Å². The Morgan fingerprint density at radius 3 is 2.52 bits per heavy atom. The van der Waals surface area contributed by atoms with Crippen molar-refractivity contribution in [3.8, 4) is 17.3 Å². The number of ether oxygens (including phenoxy) is 1. The van der Waals surface area contributed by atoms with E-state index < -0.39 is 0 Å². The molecule has 0 bridgehead atoms. The molecule has 170 valence electrons. The lowest BCUT2D eigenvalue weighted by atomic mass is 10.2. The van der Waals surface area contributed by atoms with Crippen molar-refractivity contribution in [3.63, 3.8) is 0 Å². The molecule has 0 unspecified atom stereocenters. The van der Waals surface area contributed by atoms with Crippen LogP contribution in [0.25, 0.3) is 16.8 Å². The van der Waals surface area contributed by atoms with Crippen LogP contribution in [0.4, 0.5) is 5.69 Å². The van der Waals surface area contributed by atoms with Crippen LogP contribution in [0.3, 0.4) is 0 Å². The molecule has 0 aliphatic carbocycles. The number of halogens is 1. The molecule has 33 heavy (non-hydrogen) atoms. The Morgan fingerprint density at radius 2 is 1.88 bits per heavy atom. The Morgan fingerprint density at radius 1 is 1.18 bits per heavy atom. The number of rotatable bonds is 10. The first-order valence-electron chi connectivity index (χ1n) is 10.6. The second-order valence-electron chi connectivity index (χ2n) is 7.10. The average Bonchev–Trinajstić information content (AvgIpc) is 3.33. The number of esters is 1. The monoisotopic (exact) mass is 524 g/mol. The van der Waals surface area contributed by atoms with E-state index in [1.54, 1.807) is 30.5 Å². The molecule has 6 nitrogen and oxygen atoms in total. The van der Waals surface area contributed by atoms with Gasteiger partial charge in [0.05, 0.1) is 11.3 Å². The molecule has 2 aromatic carbocycles. The molecule has 3 aromatic rings. The highest BCUT2D eigenvalue weighted by Gasteiger charge is 2.10. The van der Waals surface area contributed by atoms with Crippen molar-refractivity contribution in [2.45, 2.75) is 13.8 Å². The zero-order valence-electron chi connectivity index (χ0n) is 18.5. The number of nitrogens with zero attached hydrogens (tertiary/aromatic N) is 3. The number of thiazole rings is 1. The Balaban J connectivity index is 1.60. The van der Waals surface area contributed by atoms with Gasteiger partial charge in [-0.3, -0.25) is 0 Å². The van der Waals surface area contributed by atoms with Gasteiger partial charge in [0.15, 0.2) is 0 Å². The smallest absolute Gasteiger partial charge is 0.338 e. The molecule has 1 aromatic heterocycles. The normalized spacial score (nSPS) is 11.3. The van der Waals surface area contributed by atoms with E-state index in [-0.39, 0.29) is 5.97 Å². The van der Waals surface area contributed by atoms with E-state index in [4.69, 9.17) is 4.74 Å². The summed E-state index contributed by atoms with van der Waals surface area (Å²) in [6.45, 7) is 7.11. The van der Waals surface area contributed by atoms with Gasteiger partial charge in [-0.1, -0.05) is 41.9 Å². The van der Waals surface area contributed by atoms with Gasteiger partial charge in [-0.25, -0.2) is 9.78 Å². The molecule has 0 aliphatic rings. The third kappa shape index (κ3) is 6.99. The van der Waals surface area contributed by atoms with Crippen molar-refractivity contribution in [1.29, 1.82) is 5.26 Å². The van der Waals surface area contributed by atoms with Gasteiger partial charge in [0.2, 0.25) is 0 Å². The number of nitriles is 1. The fourth-order valence-electron chi connectivity index (χ4n) is 3.04. The van der Waals surface area contributed by atoms with Crippen molar-refractivity contribution in [2.75, 3.05) is 31.6 Å². The molecule has 0 saturated carbocycles. The van der Waals surface area contributed by atoms with Gasteiger partial charge in [-0.15, -0.1) is 11.3 Å². The predicted octanol–water partition coefficient (Wildman–Crippen LogP) is 6.05. The summed E-state index contributed by atoms with van der Waals surface area (Å²) in [6.07, 6.45) is 1.63. The number of likely N-dealkylation sites (N-methyl/N-ethyl adjacent to an activating group) is 1. The topological polar surface area (TPSA) is 78.2 Å². The minimum atomic E-state index is -0.342. The number of benzene rings is 2. The van der Waals surface area contributed by atoms with Crippen LogP contribution in [-0.4, -0.2) is 42.1 Å². The lowest BCUT2D eigenvalue weighted by Crippen LogP contribution is -2.27. The van der Waals surface area contributed by atoms with Crippen molar-refractivity contribution in [2.24, 2.45) is 0 Å². The van der Waals surface area contributed by atoms with Gasteiger partial charge < -0.3 is 15.0 Å². The summed E-state index contributed by atoms with van der Waals surface area (Å²) in [5, 5.41) is 15.3. The van der Waals surface area contributed by atoms with Gasteiger partial charge in [0.1, 0.15) is 23.3 Å². The Hall–Kier alpha value is -2.99. The van der Waals surface area contributed by atoms with Crippen molar-refractivity contribution in [3.05, 3.63) is 75.2 Å². The molecular weight excluding hydrogens is 500 g/mol. The number of allylic oxidation sites excluding steroid dienone is 1. The maximum Gasteiger partial charge on any atom is 0.338 e. The summed E-state index contributed by atoms with van der Waals surface area (Å²) in [5.41, 5.74) is 3.50. The number of hydrogen-bond acceptors (Lipinski definition) is 7. The van der Waals surface area contributed by atoms with E-state index in [0.717, 1.165) is 41.1 Å². The number of carbonyl (C=O) groups excluding carboxylic acids is 1. The number of aromatic nitrogens is 1. The molecule has 0 atom stereocenters. The van der Waals surface area contributed by atoms with Crippen LogP contribution in [0.5, 0.6) is 0 Å². The summed E-state index contributed by atoms with van der Waals surface area (Å²) in [7, 11) is 0. The van der Waals surface area contributed by atoms with Crippen LogP contribution >= 0.6 is 27.3 Å². The summed E-state index contributed by atoms with van der Waals surface area (Å²) < 4.78 is 6.36. The van der Waals surface area contributed by atoms with Crippen LogP contribution in [0.1, 0.15) is 29.2 Å². The zero-order valence-corrected chi connectivity index (χ0v) is 20.9. The average molecular weight is 525 g/mol. The van der Waals surface area contributed by atoms with Crippen LogP contribution < -0.4 is 5.32 Å². The maximum atomic E-state index is 12.2. The zero-order chi connectivity index (χ0) is 23.6. The van der Waals surface area contributed by atoms with Gasteiger partial charge in [0.25, 0.3) is 0 Å². The highest BCUT2D eigenvalue weighted by molar-refractivity contribution is 9.10. The Labute approximate surface area is 206 Å². The molecule has 1 heterocycles. The Kier molecular flexibility index (Phi) is 9.19. The van der Waals surface area contributed by atoms with E-state index in [1.807, 2.05) is 29.6 Å². The Bertz CT molecular complexity index is 1130. The molecule has 0 fully saturated rings. The highest BCUT2D eigenvalue weighted by Crippen LogP contribution is 2.27. The van der Waals surface area contributed by atoms with Gasteiger partial charge in [-0.05, 0) is 49.5 Å². The molecule has 3 rings (SSSR count). The molecular formula is C25H25BrN4O2S. The van der Waals surface area contributed by atoms with Crippen LogP contribution in [0.15, 0.2) is 64.6 Å². The number of nitrogens with one attached hydrogen (secondary N) is 1. The third-order valence-electron chi connectivity index (χ3n) is 5.03. The van der Waals surface area contributed by atoms with Crippen LogP contribution in [0, 0.1) is 11.3 Å². The van der Waals surface area contributed by atoms with Crippen molar-refractivity contribution in [1.82, 2.24) is 9.88 Å². The first kappa shape index (κ1) is 24.6. The number of carbonyl (C=O) groups is 1. The van der Waals surface area contributed by atoms with E-state index in [1.165, 1.54) is 11.3 Å². The standard InChI is InChI=1S/C25H25BrN4O2S/c1-3-30(4-2)13-14-32-25(31)19-7-11-22(12-8-19)28-16-20(15-27)24-29-23(17-33-24)18-5-9-21(26)10-6-18/h5-12,16-17,28H,3-4,13-14H2,1-2H3/b20-16-. The second-order valence-corrected chi connectivity index (χ2v) is 8.87. The molecule has 8 heteroatoms.